The number of benzene rings is 4. The molecule has 0 aliphatic carbocycles. The Labute approximate surface area is 226 Å². The molecule has 0 unspecified atom stereocenters. The van der Waals surface area contributed by atoms with Gasteiger partial charge in [-0.25, -0.2) is 4.39 Å². The van der Waals surface area contributed by atoms with E-state index in [9.17, 15) is 18.8 Å². The maximum atomic E-state index is 13.6. The van der Waals surface area contributed by atoms with Crippen LogP contribution in [0.2, 0.25) is 0 Å². The molecule has 0 saturated carbocycles. The summed E-state index contributed by atoms with van der Waals surface area (Å²) < 4.78 is 13.6. The second-order valence-electron chi connectivity index (χ2n) is 8.97. The zero-order valence-electron chi connectivity index (χ0n) is 21.4. The van der Waals surface area contributed by atoms with Crippen molar-refractivity contribution in [1.29, 1.82) is 0 Å². The first-order valence-electron chi connectivity index (χ1n) is 12.4. The van der Waals surface area contributed by atoms with E-state index in [1.807, 2.05) is 30.3 Å². The lowest BCUT2D eigenvalue weighted by Crippen LogP contribution is -2.30. The fourth-order valence-corrected chi connectivity index (χ4v) is 3.85. The quantitative estimate of drug-likeness (QED) is 0.258. The third kappa shape index (κ3) is 7.97. The zero-order valence-corrected chi connectivity index (χ0v) is 21.4. The van der Waals surface area contributed by atoms with Gasteiger partial charge in [0, 0.05) is 17.8 Å². The molecule has 0 saturated heterocycles. The van der Waals surface area contributed by atoms with Gasteiger partial charge in [0.2, 0.25) is 5.91 Å². The number of carbonyl (C=O) groups is 3. The van der Waals surface area contributed by atoms with Crippen LogP contribution in [-0.4, -0.2) is 17.7 Å². The zero-order chi connectivity index (χ0) is 27.6. The predicted molar refractivity (Wildman–Crippen MR) is 150 cm³/mol. The molecule has 0 aliphatic heterocycles. The molecule has 0 heterocycles. The Morgan fingerprint density at radius 1 is 0.795 bits per heavy atom. The van der Waals surface area contributed by atoms with Crippen molar-refractivity contribution in [2.45, 2.75) is 19.9 Å². The maximum absolute atomic E-state index is 13.6. The van der Waals surface area contributed by atoms with Gasteiger partial charge in [-0.15, -0.1) is 0 Å². The van der Waals surface area contributed by atoms with Crippen molar-refractivity contribution < 1.29 is 18.8 Å². The summed E-state index contributed by atoms with van der Waals surface area (Å²) in [5, 5.41) is 8.34. The molecule has 0 aliphatic rings. The minimum atomic E-state index is -0.545. The molecule has 0 fully saturated rings. The molecular formula is C32H28FN3O3. The average molecular weight is 522 g/mol. The SMILES string of the molecule is Cc1cc(F)ccc1C=C(NC(=O)c1ccccc1)C(=O)Nc1ccc(CC(=O)NCc2ccccc2)cc1. The monoisotopic (exact) mass is 521 g/mol. The number of hydrogen-bond donors (Lipinski definition) is 3. The minimum absolute atomic E-state index is 0.00271. The molecule has 0 bridgehead atoms. The second kappa shape index (κ2) is 13.0. The molecule has 3 amide bonds. The number of amides is 3. The molecule has 4 rings (SSSR count). The van der Waals surface area contributed by atoms with Crippen LogP contribution in [0.4, 0.5) is 10.1 Å². The molecule has 39 heavy (non-hydrogen) atoms. The molecule has 4 aromatic rings. The van der Waals surface area contributed by atoms with Crippen LogP contribution < -0.4 is 16.0 Å². The summed E-state index contributed by atoms with van der Waals surface area (Å²) in [5.74, 6) is -1.50. The number of carbonyl (C=O) groups excluding carboxylic acids is 3. The number of halogens is 1. The fraction of sp³-hybridized carbons (Fsp3) is 0.0938. The summed E-state index contributed by atoms with van der Waals surface area (Å²) in [6.07, 6.45) is 1.71. The maximum Gasteiger partial charge on any atom is 0.272 e. The van der Waals surface area contributed by atoms with Gasteiger partial charge in [0.1, 0.15) is 11.5 Å². The lowest BCUT2D eigenvalue weighted by molar-refractivity contribution is -0.120. The van der Waals surface area contributed by atoms with Gasteiger partial charge >= 0.3 is 0 Å². The van der Waals surface area contributed by atoms with E-state index in [0.29, 0.717) is 28.9 Å². The largest absolute Gasteiger partial charge is 0.352 e. The molecule has 0 spiro atoms. The third-order valence-corrected chi connectivity index (χ3v) is 5.97. The van der Waals surface area contributed by atoms with Crippen LogP contribution in [0.5, 0.6) is 0 Å². The Balaban J connectivity index is 1.44. The smallest absolute Gasteiger partial charge is 0.272 e. The van der Waals surface area contributed by atoms with Crippen molar-refractivity contribution in [2.75, 3.05) is 5.32 Å². The second-order valence-corrected chi connectivity index (χ2v) is 8.97. The van der Waals surface area contributed by atoms with Crippen LogP contribution in [-0.2, 0) is 22.6 Å². The molecule has 6 nitrogen and oxygen atoms in total. The van der Waals surface area contributed by atoms with E-state index >= 15 is 0 Å². The summed E-state index contributed by atoms with van der Waals surface area (Å²) >= 11 is 0. The lowest BCUT2D eigenvalue weighted by Gasteiger charge is -2.13. The van der Waals surface area contributed by atoms with Gasteiger partial charge in [-0.2, -0.15) is 0 Å². The number of aryl methyl sites for hydroxylation is 1. The summed E-state index contributed by atoms with van der Waals surface area (Å²) in [7, 11) is 0. The van der Waals surface area contributed by atoms with Crippen LogP contribution in [0.3, 0.4) is 0 Å². The van der Waals surface area contributed by atoms with Crippen molar-refractivity contribution >= 4 is 29.5 Å². The van der Waals surface area contributed by atoms with Gasteiger partial charge in [0.25, 0.3) is 11.8 Å². The van der Waals surface area contributed by atoms with E-state index in [0.717, 1.165) is 11.1 Å². The average Bonchev–Trinajstić information content (AvgIpc) is 2.95. The first-order chi connectivity index (χ1) is 18.9. The highest BCUT2D eigenvalue weighted by molar-refractivity contribution is 6.10. The fourth-order valence-electron chi connectivity index (χ4n) is 3.85. The molecule has 0 radical (unpaired) electrons. The van der Waals surface area contributed by atoms with Crippen molar-refractivity contribution in [3.8, 4) is 0 Å². The summed E-state index contributed by atoms with van der Waals surface area (Å²) in [5.41, 5.74) is 3.89. The molecular weight excluding hydrogens is 493 g/mol. The van der Waals surface area contributed by atoms with Crippen LogP contribution in [0.15, 0.2) is 109 Å². The lowest BCUT2D eigenvalue weighted by atomic mass is 10.1. The predicted octanol–water partition coefficient (Wildman–Crippen LogP) is 5.40. The highest BCUT2D eigenvalue weighted by atomic mass is 19.1. The van der Waals surface area contributed by atoms with Gasteiger partial charge in [-0.3, -0.25) is 14.4 Å². The molecule has 7 heteroatoms. The minimum Gasteiger partial charge on any atom is -0.352 e. The van der Waals surface area contributed by atoms with E-state index in [1.54, 1.807) is 67.6 Å². The number of rotatable bonds is 9. The van der Waals surface area contributed by atoms with Crippen molar-refractivity contribution in [2.24, 2.45) is 0 Å². The summed E-state index contributed by atoms with van der Waals surface area (Å²) in [6.45, 7) is 2.17. The Hall–Kier alpha value is -5.04. The first kappa shape index (κ1) is 27.0. The standard InChI is InChI=1S/C32H28FN3O3/c1-22-18-27(33)15-14-26(22)20-29(36-31(38)25-10-6-3-7-11-25)32(39)35-28-16-12-23(13-17-28)19-30(37)34-21-24-8-4-2-5-9-24/h2-18,20H,19,21H2,1H3,(H,34,37)(H,35,39)(H,36,38). The van der Waals surface area contributed by atoms with E-state index < -0.39 is 17.6 Å². The van der Waals surface area contributed by atoms with E-state index in [-0.39, 0.29) is 18.0 Å². The van der Waals surface area contributed by atoms with Gasteiger partial charge in [-0.05, 0) is 71.7 Å². The van der Waals surface area contributed by atoms with Crippen LogP contribution in [0, 0.1) is 12.7 Å². The van der Waals surface area contributed by atoms with Crippen LogP contribution in [0.1, 0.15) is 32.6 Å². The van der Waals surface area contributed by atoms with Gasteiger partial charge in [0.05, 0.1) is 6.42 Å². The van der Waals surface area contributed by atoms with Crippen LogP contribution in [0.25, 0.3) is 6.08 Å². The third-order valence-electron chi connectivity index (χ3n) is 5.97. The van der Waals surface area contributed by atoms with Crippen molar-refractivity contribution in [1.82, 2.24) is 10.6 Å². The Morgan fingerprint density at radius 2 is 1.46 bits per heavy atom. The summed E-state index contributed by atoms with van der Waals surface area (Å²) in [6, 6.07) is 29.3. The van der Waals surface area contributed by atoms with Crippen LogP contribution >= 0.6 is 0 Å². The highest BCUT2D eigenvalue weighted by Crippen LogP contribution is 2.16. The first-order valence-corrected chi connectivity index (χ1v) is 12.4. The van der Waals surface area contributed by atoms with E-state index in [1.165, 1.54) is 18.2 Å². The van der Waals surface area contributed by atoms with Gasteiger partial charge in [0.15, 0.2) is 0 Å². The molecule has 3 N–H and O–H groups in total. The molecule has 0 aromatic heterocycles. The number of hydrogen-bond acceptors (Lipinski definition) is 3. The topological polar surface area (TPSA) is 87.3 Å². The molecule has 0 atom stereocenters. The Morgan fingerprint density at radius 3 is 2.13 bits per heavy atom. The van der Waals surface area contributed by atoms with Gasteiger partial charge in [-0.1, -0.05) is 66.7 Å². The summed E-state index contributed by atoms with van der Waals surface area (Å²) in [4.78, 5) is 38.3. The Kier molecular flexibility index (Phi) is 8.98. The number of anilines is 1. The number of nitrogens with one attached hydrogen (secondary N) is 3. The highest BCUT2D eigenvalue weighted by Gasteiger charge is 2.16. The molecule has 196 valence electrons. The van der Waals surface area contributed by atoms with E-state index in [2.05, 4.69) is 16.0 Å². The van der Waals surface area contributed by atoms with Crippen molar-refractivity contribution in [3.63, 3.8) is 0 Å². The van der Waals surface area contributed by atoms with Crippen molar-refractivity contribution in [3.05, 3.63) is 142 Å². The Bertz CT molecular complexity index is 1480. The van der Waals surface area contributed by atoms with E-state index in [4.69, 9.17) is 0 Å². The molecule has 4 aromatic carbocycles. The normalized spacial score (nSPS) is 11.0. The van der Waals surface area contributed by atoms with Gasteiger partial charge < -0.3 is 16.0 Å².